The maximum Gasteiger partial charge on any atom is 0.320 e. The van der Waals surface area contributed by atoms with Gasteiger partial charge in [0.1, 0.15) is 6.04 Å². The Morgan fingerprint density at radius 2 is 2.38 bits per heavy atom. The van der Waals surface area contributed by atoms with Crippen molar-refractivity contribution in [2.75, 3.05) is 6.54 Å². The van der Waals surface area contributed by atoms with Gasteiger partial charge in [-0.25, -0.2) is 0 Å². The predicted octanol–water partition coefficient (Wildman–Crippen LogP) is 1.24. The summed E-state index contributed by atoms with van der Waals surface area (Å²) in [6, 6.07) is -0.437. The van der Waals surface area contributed by atoms with Gasteiger partial charge in [-0.15, -0.1) is 12.3 Å². The molecule has 0 radical (unpaired) electrons. The van der Waals surface area contributed by atoms with Crippen LogP contribution in [0.15, 0.2) is 0 Å². The van der Waals surface area contributed by atoms with Crippen LogP contribution in [-0.4, -0.2) is 23.7 Å². The third kappa shape index (κ3) is 6.18. The molecular weight excluding hydrogens is 166 g/mol. The molecule has 0 aliphatic rings. The Kier molecular flexibility index (Phi) is 7.04. The zero-order valence-corrected chi connectivity index (χ0v) is 8.05. The van der Waals surface area contributed by atoms with E-state index < -0.39 is 12.0 Å². The van der Waals surface area contributed by atoms with Crippen molar-refractivity contribution in [2.24, 2.45) is 0 Å². The number of carboxylic acids is 1. The molecule has 0 saturated heterocycles. The average molecular weight is 183 g/mol. The van der Waals surface area contributed by atoms with Gasteiger partial charge in [-0.05, 0) is 6.42 Å². The van der Waals surface area contributed by atoms with Gasteiger partial charge in [-0.2, -0.15) is 0 Å². The summed E-state index contributed by atoms with van der Waals surface area (Å²) in [5.74, 6) is 1.68. The molecule has 0 heterocycles. The zero-order chi connectivity index (χ0) is 10.1. The SMILES string of the molecule is C#CCCNC(CCCC)C(=O)O. The second kappa shape index (κ2) is 7.63. The standard InChI is InChI=1S/C10H17NO2/c1-3-5-7-9(10(12)13)11-8-6-4-2/h2,9,11H,3,5-8H2,1H3,(H,12,13). The van der Waals surface area contributed by atoms with Crippen molar-refractivity contribution in [3.05, 3.63) is 0 Å². The van der Waals surface area contributed by atoms with Gasteiger partial charge in [0.05, 0.1) is 0 Å². The Morgan fingerprint density at radius 3 is 2.85 bits per heavy atom. The molecule has 74 valence electrons. The minimum atomic E-state index is -0.787. The van der Waals surface area contributed by atoms with Gasteiger partial charge in [0.15, 0.2) is 0 Å². The van der Waals surface area contributed by atoms with Crippen molar-refractivity contribution in [1.82, 2.24) is 5.32 Å². The van der Waals surface area contributed by atoms with Crippen LogP contribution in [0.2, 0.25) is 0 Å². The normalized spacial score (nSPS) is 12.0. The largest absolute Gasteiger partial charge is 0.480 e. The molecule has 0 aromatic heterocycles. The molecule has 0 saturated carbocycles. The van der Waals surface area contributed by atoms with Crippen molar-refractivity contribution >= 4 is 5.97 Å². The Morgan fingerprint density at radius 1 is 1.69 bits per heavy atom. The highest BCUT2D eigenvalue weighted by Gasteiger charge is 2.14. The second-order valence-corrected chi connectivity index (χ2v) is 2.94. The Bertz CT molecular complexity index is 184. The van der Waals surface area contributed by atoms with Gasteiger partial charge >= 0.3 is 5.97 Å². The molecule has 1 atom stereocenters. The van der Waals surface area contributed by atoms with E-state index in [4.69, 9.17) is 11.5 Å². The number of rotatable bonds is 7. The minimum Gasteiger partial charge on any atom is -0.480 e. The fourth-order valence-corrected chi connectivity index (χ4v) is 1.04. The number of carbonyl (C=O) groups is 1. The summed E-state index contributed by atoms with van der Waals surface area (Å²) in [6.07, 6.45) is 8.25. The first-order valence-corrected chi connectivity index (χ1v) is 4.62. The third-order valence-corrected chi connectivity index (χ3v) is 1.80. The van der Waals surface area contributed by atoms with Crippen LogP contribution >= 0.6 is 0 Å². The Hall–Kier alpha value is -1.01. The van der Waals surface area contributed by atoms with Gasteiger partial charge in [0, 0.05) is 13.0 Å². The summed E-state index contributed by atoms with van der Waals surface area (Å²) >= 11 is 0. The number of aliphatic carboxylic acids is 1. The summed E-state index contributed by atoms with van der Waals surface area (Å²) in [6.45, 7) is 2.62. The third-order valence-electron chi connectivity index (χ3n) is 1.80. The van der Waals surface area contributed by atoms with Crippen LogP contribution in [0, 0.1) is 12.3 Å². The highest BCUT2D eigenvalue weighted by Crippen LogP contribution is 2.00. The monoisotopic (exact) mass is 183 g/mol. The van der Waals surface area contributed by atoms with Crippen molar-refractivity contribution < 1.29 is 9.90 Å². The van der Waals surface area contributed by atoms with Crippen LogP contribution in [-0.2, 0) is 4.79 Å². The highest BCUT2D eigenvalue weighted by molar-refractivity contribution is 5.73. The lowest BCUT2D eigenvalue weighted by atomic mass is 10.1. The summed E-state index contributed by atoms with van der Waals surface area (Å²) in [5, 5.41) is 11.7. The van der Waals surface area contributed by atoms with E-state index in [0.29, 0.717) is 19.4 Å². The Balaban J connectivity index is 3.68. The van der Waals surface area contributed by atoms with E-state index in [-0.39, 0.29) is 0 Å². The van der Waals surface area contributed by atoms with Gasteiger partial charge in [0.2, 0.25) is 0 Å². The lowest BCUT2D eigenvalue weighted by Crippen LogP contribution is -2.37. The maximum absolute atomic E-state index is 10.7. The molecule has 13 heavy (non-hydrogen) atoms. The van der Waals surface area contributed by atoms with Crippen LogP contribution in [0.1, 0.15) is 32.6 Å². The number of carboxylic acid groups (broad SMARTS) is 1. The van der Waals surface area contributed by atoms with Crippen LogP contribution in [0.25, 0.3) is 0 Å². The van der Waals surface area contributed by atoms with E-state index in [1.54, 1.807) is 0 Å². The van der Waals surface area contributed by atoms with Crippen LogP contribution < -0.4 is 5.32 Å². The molecule has 0 aromatic rings. The highest BCUT2D eigenvalue weighted by atomic mass is 16.4. The second-order valence-electron chi connectivity index (χ2n) is 2.94. The van der Waals surface area contributed by atoms with Gasteiger partial charge in [-0.1, -0.05) is 19.8 Å². The number of hydrogen-bond acceptors (Lipinski definition) is 2. The lowest BCUT2D eigenvalue weighted by molar-refractivity contribution is -0.139. The van der Waals surface area contributed by atoms with Gasteiger partial charge in [0.25, 0.3) is 0 Å². The first kappa shape index (κ1) is 12.0. The molecule has 0 bridgehead atoms. The summed E-state index contributed by atoms with van der Waals surface area (Å²) in [7, 11) is 0. The molecule has 0 spiro atoms. The fourth-order valence-electron chi connectivity index (χ4n) is 1.04. The average Bonchev–Trinajstić information content (AvgIpc) is 2.10. The summed E-state index contributed by atoms with van der Waals surface area (Å²) < 4.78 is 0. The van der Waals surface area contributed by atoms with Crippen molar-refractivity contribution in [2.45, 2.75) is 38.6 Å². The minimum absolute atomic E-state index is 0.437. The quantitative estimate of drug-likeness (QED) is 0.461. The molecule has 0 rings (SSSR count). The van der Waals surface area contributed by atoms with E-state index >= 15 is 0 Å². The molecule has 0 amide bonds. The number of hydrogen-bond donors (Lipinski definition) is 2. The fraction of sp³-hybridized carbons (Fsp3) is 0.700. The molecule has 0 fully saturated rings. The lowest BCUT2D eigenvalue weighted by Gasteiger charge is -2.12. The van der Waals surface area contributed by atoms with E-state index in [1.165, 1.54) is 0 Å². The van der Waals surface area contributed by atoms with Gasteiger partial charge in [-0.3, -0.25) is 4.79 Å². The number of terminal acetylenes is 1. The Labute approximate surface area is 79.5 Å². The molecule has 1 unspecified atom stereocenters. The van der Waals surface area contributed by atoms with Crippen molar-refractivity contribution in [3.63, 3.8) is 0 Å². The van der Waals surface area contributed by atoms with E-state index in [0.717, 1.165) is 12.8 Å². The molecule has 0 aliphatic carbocycles. The zero-order valence-electron chi connectivity index (χ0n) is 8.05. The van der Waals surface area contributed by atoms with Gasteiger partial charge < -0.3 is 10.4 Å². The number of nitrogens with one attached hydrogen (secondary N) is 1. The molecule has 0 aliphatic heterocycles. The maximum atomic E-state index is 10.7. The molecular formula is C10H17NO2. The molecule has 3 heteroatoms. The smallest absolute Gasteiger partial charge is 0.320 e. The van der Waals surface area contributed by atoms with E-state index in [1.807, 2.05) is 6.92 Å². The van der Waals surface area contributed by atoms with E-state index in [9.17, 15) is 4.79 Å². The summed E-state index contributed by atoms with van der Waals surface area (Å²) in [4.78, 5) is 10.7. The topological polar surface area (TPSA) is 49.3 Å². The molecule has 3 nitrogen and oxygen atoms in total. The van der Waals surface area contributed by atoms with E-state index in [2.05, 4.69) is 11.2 Å². The van der Waals surface area contributed by atoms with Crippen LogP contribution in [0.3, 0.4) is 0 Å². The number of unbranched alkanes of at least 4 members (excludes halogenated alkanes) is 1. The van der Waals surface area contributed by atoms with Crippen LogP contribution in [0.5, 0.6) is 0 Å². The van der Waals surface area contributed by atoms with Crippen LogP contribution in [0.4, 0.5) is 0 Å². The predicted molar refractivity (Wildman–Crippen MR) is 52.4 cm³/mol. The molecule has 0 aromatic carbocycles. The first-order valence-electron chi connectivity index (χ1n) is 4.62. The summed E-state index contributed by atoms with van der Waals surface area (Å²) in [5.41, 5.74) is 0. The van der Waals surface area contributed by atoms with Crippen molar-refractivity contribution in [1.29, 1.82) is 0 Å². The van der Waals surface area contributed by atoms with Crippen molar-refractivity contribution in [3.8, 4) is 12.3 Å². The molecule has 2 N–H and O–H groups in total. The first-order chi connectivity index (χ1) is 6.22.